The van der Waals surface area contributed by atoms with E-state index in [4.69, 9.17) is 0 Å². The average Bonchev–Trinajstić information content (AvgIpc) is 2.66. The molecule has 1 rings (SSSR count). The molecule has 98 valence electrons. The van der Waals surface area contributed by atoms with Gasteiger partial charge in [-0.2, -0.15) is 0 Å². The summed E-state index contributed by atoms with van der Waals surface area (Å²) in [4.78, 5) is 2.77. The Labute approximate surface area is 109 Å². The van der Waals surface area contributed by atoms with Gasteiger partial charge in [-0.15, -0.1) is 11.3 Å². The zero-order chi connectivity index (χ0) is 12.9. The summed E-state index contributed by atoms with van der Waals surface area (Å²) >= 11 is 1.86. The highest BCUT2D eigenvalue weighted by Gasteiger charge is 2.15. The van der Waals surface area contributed by atoms with Crippen LogP contribution in [0.5, 0.6) is 0 Å². The van der Waals surface area contributed by atoms with Gasteiger partial charge >= 0.3 is 0 Å². The molecule has 1 unspecified atom stereocenters. The van der Waals surface area contributed by atoms with E-state index in [0.29, 0.717) is 6.54 Å². The average molecular weight is 255 g/mol. The molecular weight excluding hydrogens is 230 g/mol. The predicted octanol–water partition coefficient (Wildman–Crippen LogP) is 3.30. The number of rotatable bonds is 6. The second-order valence-corrected chi connectivity index (χ2v) is 6.76. The summed E-state index contributed by atoms with van der Waals surface area (Å²) in [5.41, 5.74) is 0.241. The molecule has 1 aromatic rings. The number of thiophene rings is 1. The van der Waals surface area contributed by atoms with Crippen molar-refractivity contribution in [1.29, 1.82) is 0 Å². The first-order chi connectivity index (χ1) is 7.93. The molecule has 0 saturated heterocycles. The second-order valence-electron chi connectivity index (χ2n) is 5.59. The van der Waals surface area contributed by atoms with E-state index in [2.05, 4.69) is 45.1 Å². The lowest BCUT2D eigenvalue weighted by Gasteiger charge is -2.15. The summed E-state index contributed by atoms with van der Waals surface area (Å²) in [5, 5.41) is 12.9. The quantitative estimate of drug-likeness (QED) is 0.817. The first-order valence-electron chi connectivity index (χ1n) is 6.41. The first-order valence-corrected chi connectivity index (χ1v) is 7.23. The van der Waals surface area contributed by atoms with Crippen LogP contribution in [0.1, 0.15) is 50.3 Å². The van der Waals surface area contributed by atoms with Crippen molar-refractivity contribution < 1.29 is 5.11 Å². The van der Waals surface area contributed by atoms with Gasteiger partial charge in [0, 0.05) is 22.8 Å². The van der Waals surface area contributed by atoms with Gasteiger partial charge in [-0.05, 0) is 24.0 Å². The van der Waals surface area contributed by atoms with Crippen LogP contribution in [0.4, 0.5) is 0 Å². The summed E-state index contributed by atoms with van der Waals surface area (Å²) in [7, 11) is 0. The van der Waals surface area contributed by atoms with Gasteiger partial charge in [0.25, 0.3) is 0 Å². The minimum atomic E-state index is -0.206. The molecule has 1 atom stereocenters. The van der Waals surface area contributed by atoms with E-state index in [0.717, 1.165) is 19.4 Å². The van der Waals surface area contributed by atoms with Gasteiger partial charge in [0.2, 0.25) is 0 Å². The highest BCUT2D eigenvalue weighted by atomic mass is 32.1. The molecule has 0 bridgehead atoms. The summed E-state index contributed by atoms with van der Waals surface area (Å²) in [6.45, 7) is 10.4. The Morgan fingerprint density at radius 3 is 2.59 bits per heavy atom. The van der Waals surface area contributed by atoms with Gasteiger partial charge < -0.3 is 10.4 Å². The SMILES string of the molecule is CCCC(O)CNCc1ccc(C(C)(C)C)s1. The molecule has 1 heterocycles. The van der Waals surface area contributed by atoms with Crippen molar-refractivity contribution in [2.45, 2.75) is 58.6 Å². The molecule has 1 aromatic heterocycles. The van der Waals surface area contributed by atoms with Gasteiger partial charge in [0.15, 0.2) is 0 Å². The van der Waals surface area contributed by atoms with Crippen molar-refractivity contribution in [3.63, 3.8) is 0 Å². The third-order valence-electron chi connectivity index (χ3n) is 2.70. The van der Waals surface area contributed by atoms with Crippen LogP contribution in [-0.2, 0) is 12.0 Å². The molecule has 0 radical (unpaired) electrons. The minimum Gasteiger partial charge on any atom is -0.392 e. The molecule has 2 N–H and O–H groups in total. The maximum Gasteiger partial charge on any atom is 0.0664 e. The predicted molar refractivity (Wildman–Crippen MR) is 75.6 cm³/mol. The van der Waals surface area contributed by atoms with Crippen LogP contribution < -0.4 is 5.32 Å². The fourth-order valence-corrected chi connectivity index (χ4v) is 2.71. The zero-order valence-electron chi connectivity index (χ0n) is 11.4. The van der Waals surface area contributed by atoms with Gasteiger partial charge in [-0.1, -0.05) is 34.1 Å². The lowest BCUT2D eigenvalue weighted by molar-refractivity contribution is 0.160. The Kier molecular flexibility index (Phi) is 5.63. The topological polar surface area (TPSA) is 32.3 Å². The van der Waals surface area contributed by atoms with E-state index in [1.54, 1.807) is 0 Å². The second kappa shape index (κ2) is 6.53. The summed E-state index contributed by atoms with van der Waals surface area (Å²) in [5.74, 6) is 0. The van der Waals surface area contributed by atoms with Crippen LogP contribution in [0.2, 0.25) is 0 Å². The van der Waals surface area contributed by atoms with Crippen LogP contribution in [0.15, 0.2) is 12.1 Å². The van der Waals surface area contributed by atoms with E-state index >= 15 is 0 Å². The number of hydrogen-bond acceptors (Lipinski definition) is 3. The molecule has 0 spiro atoms. The lowest BCUT2D eigenvalue weighted by atomic mass is 9.95. The Morgan fingerprint density at radius 2 is 2.06 bits per heavy atom. The highest BCUT2D eigenvalue weighted by molar-refractivity contribution is 7.12. The Balaban J connectivity index is 2.35. The van der Waals surface area contributed by atoms with Crippen molar-refractivity contribution in [1.82, 2.24) is 5.32 Å². The van der Waals surface area contributed by atoms with Crippen LogP contribution >= 0.6 is 11.3 Å². The molecule has 0 amide bonds. The lowest BCUT2D eigenvalue weighted by Crippen LogP contribution is -2.25. The van der Waals surface area contributed by atoms with Crippen LogP contribution in [0.3, 0.4) is 0 Å². The maximum absolute atomic E-state index is 9.60. The Bertz CT molecular complexity index is 327. The molecule has 0 fully saturated rings. The Morgan fingerprint density at radius 1 is 1.35 bits per heavy atom. The van der Waals surface area contributed by atoms with E-state index in [9.17, 15) is 5.11 Å². The molecular formula is C14H25NOS. The highest BCUT2D eigenvalue weighted by Crippen LogP contribution is 2.29. The van der Waals surface area contributed by atoms with E-state index < -0.39 is 0 Å². The fraction of sp³-hybridized carbons (Fsp3) is 0.714. The number of hydrogen-bond donors (Lipinski definition) is 2. The molecule has 0 aliphatic rings. The first kappa shape index (κ1) is 14.7. The van der Waals surface area contributed by atoms with Crippen molar-refractivity contribution in [2.75, 3.05) is 6.54 Å². The van der Waals surface area contributed by atoms with Crippen molar-refractivity contribution in [3.05, 3.63) is 21.9 Å². The molecule has 0 aromatic carbocycles. The van der Waals surface area contributed by atoms with E-state index in [-0.39, 0.29) is 11.5 Å². The zero-order valence-corrected chi connectivity index (χ0v) is 12.2. The molecule has 0 saturated carbocycles. The molecule has 0 aliphatic heterocycles. The van der Waals surface area contributed by atoms with Crippen LogP contribution in [0, 0.1) is 0 Å². The van der Waals surface area contributed by atoms with Crippen molar-refractivity contribution in [3.8, 4) is 0 Å². The fourth-order valence-electron chi connectivity index (χ4n) is 1.67. The monoisotopic (exact) mass is 255 g/mol. The molecule has 2 nitrogen and oxygen atoms in total. The largest absolute Gasteiger partial charge is 0.392 e. The third-order valence-corrected chi connectivity index (χ3v) is 4.21. The number of aliphatic hydroxyl groups is 1. The smallest absolute Gasteiger partial charge is 0.0664 e. The van der Waals surface area contributed by atoms with E-state index in [1.807, 2.05) is 11.3 Å². The van der Waals surface area contributed by atoms with Crippen molar-refractivity contribution >= 4 is 11.3 Å². The Hall–Kier alpha value is -0.380. The molecule has 0 aliphatic carbocycles. The number of aliphatic hydroxyl groups excluding tert-OH is 1. The van der Waals surface area contributed by atoms with Crippen LogP contribution in [0.25, 0.3) is 0 Å². The molecule has 17 heavy (non-hydrogen) atoms. The minimum absolute atomic E-state index is 0.206. The van der Waals surface area contributed by atoms with Gasteiger partial charge in [-0.3, -0.25) is 0 Å². The van der Waals surface area contributed by atoms with Crippen molar-refractivity contribution in [2.24, 2.45) is 0 Å². The van der Waals surface area contributed by atoms with Gasteiger partial charge in [0.1, 0.15) is 0 Å². The summed E-state index contributed by atoms with van der Waals surface area (Å²) in [6, 6.07) is 4.40. The standard InChI is InChI=1S/C14H25NOS/c1-5-6-11(16)9-15-10-12-7-8-13(17-12)14(2,3)4/h7-8,11,15-16H,5-6,9-10H2,1-4H3. The van der Waals surface area contributed by atoms with Crippen LogP contribution in [-0.4, -0.2) is 17.8 Å². The summed E-state index contributed by atoms with van der Waals surface area (Å²) < 4.78 is 0. The molecule has 3 heteroatoms. The van der Waals surface area contributed by atoms with E-state index in [1.165, 1.54) is 9.75 Å². The normalized spacial score (nSPS) is 13.9. The van der Waals surface area contributed by atoms with Gasteiger partial charge in [-0.25, -0.2) is 0 Å². The number of nitrogens with one attached hydrogen (secondary N) is 1. The third kappa shape index (κ3) is 5.19. The summed E-state index contributed by atoms with van der Waals surface area (Å²) in [6.07, 6.45) is 1.71. The maximum atomic E-state index is 9.60. The van der Waals surface area contributed by atoms with Gasteiger partial charge in [0.05, 0.1) is 6.10 Å².